The molecule has 0 atom stereocenters. The molecule has 4 aromatic carbocycles. The smallest absolute Gasteiger partial charge is 0.249 e. The van der Waals surface area contributed by atoms with Crippen LogP contribution < -0.4 is 15.2 Å². The molecule has 0 radical (unpaired) electrons. The summed E-state index contributed by atoms with van der Waals surface area (Å²) in [6.45, 7) is 0. The van der Waals surface area contributed by atoms with Crippen molar-refractivity contribution in [1.29, 1.82) is 0 Å². The maximum Gasteiger partial charge on any atom is 0.249 e. The van der Waals surface area contributed by atoms with E-state index in [0.29, 0.717) is 27.8 Å². The molecular weight excluding hydrogens is 434 g/mol. The summed E-state index contributed by atoms with van der Waals surface area (Å²) in [5, 5.41) is 13.0. The number of amides is 1. The highest BCUT2D eigenvalue weighted by atomic mass is 79.9. The number of nitrogens with two attached hydrogens (primary N) is 1. The van der Waals surface area contributed by atoms with E-state index < -0.39 is 5.91 Å². The first-order chi connectivity index (χ1) is 13.9. The summed E-state index contributed by atoms with van der Waals surface area (Å²) in [7, 11) is 3.15. The number of aromatic hydroxyl groups is 1. The summed E-state index contributed by atoms with van der Waals surface area (Å²) in [4.78, 5) is 12.2. The Balaban J connectivity index is 2.26. The molecular formula is C23H18BrNO4. The summed E-state index contributed by atoms with van der Waals surface area (Å²) >= 11 is 3.46. The first-order valence-electron chi connectivity index (χ1n) is 8.84. The summed E-state index contributed by atoms with van der Waals surface area (Å²) in [6, 6.07) is 16.3. The number of rotatable bonds is 4. The maximum atomic E-state index is 12.2. The van der Waals surface area contributed by atoms with Crippen molar-refractivity contribution in [1.82, 2.24) is 0 Å². The third kappa shape index (κ3) is 3.15. The van der Waals surface area contributed by atoms with E-state index >= 15 is 0 Å². The summed E-state index contributed by atoms with van der Waals surface area (Å²) in [6.07, 6.45) is 0. The molecule has 0 aliphatic carbocycles. The number of phenolic OH excluding ortho intramolecular Hbond substituents is 1. The van der Waals surface area contributed by atoms with Crippen LogP contribution in [0.15, 0.2) is 59.1 Å². The molecule has 6 heteroatoms. The SMILES string of the molecule is COc1cc2c(cc(C(N)=O)c3ccc(O)cc32)c(-c2ccc(Br)cc2)c1OC. The Morgan fingerprint density at radius 1 is 0.897 bits per heavy atom. The molecule has 0 saturated carbocycles. The second-order valence-electron chi connectivity index (χ2n) is 6.61. The molecule has 4 aromatic rings. The van der Waals surface area contributed by atoms with Crippen LogP contribution in [0.3, 0.4) is 0 Å². The third-order valence-corrected chi connectivity index (χ3v) is 5.51. The van der Waals surface area contributed by atoms with Gasteiger partial charge in [0.2, 0.25) is 5.91 Å². The number of halogens is 1. The molecule has 0 aliphatic rings. The fraction of sp³-hybridized carbons (Fsp3) is 0.0870. The average molecular weight is 452 g/mol. The normalized spacial score (nSPS) is 11.0. The van der Waals surface area contributed by atoms with E-state index in [9.17, 15) is 9.90 Å². The highest BCUT2D eigenvalue weighted by molar-refractivity contribution is 9.10. The van der Waals surface area contributed by atoms with Gasteiger partial charge in [0.15, 0.2) is 11.5 Å². The molecule has 0 unspecified atom stereocenters. The zero-order valence-electron chi connectivity index (χ0n) is 15.8. The molecule has 0 heterocycles. The van der Waals surface area contributed by atoms with Crippen molar-refractivity contribution >= 4 is 43.4 Å². The molecule has 0 fully saturated rings. The Hall–Kier alpha value is -3.25. The minimum absolute atomic E-state index is 0.0976. The Morgan fingerprint density at radius 3 is 2.21 bits per heavy atom. The Labute approximate surface area is 175 Å². The number of phenols is 1. The van der Waals surface area contributed by atoms with Crippen molar-refractivity contribution < 1.29 is 19.4 Å². The van der Waals surface area contributed by atoms with Crippen molar-refractivity contribution in [3.63, 3.8) is 0 Å². The molecule has 0 spiro atoms. The highest BCUT2D eigenvalue weighted by Crippen LogP contribution is 2.46. The van der Waals surface area contributed by atoms with Crippen LogP contribution in [0, 0.1) is 0 Å². The molecule has 146 valence electrons. The van der Waals surface area contributed by atoms with Crippen LogP contribution in [0.2, 0.25) is 0 Å². The summed E-state index contributed by atoms with van der Waals surface area (Å²) in [5.74, 6) is 0.658. The van der Waals surface area contributed by atoms with Crippen LogP contribution in [0.5, 0.6) is 17.2 Å². The predicted molar refractivity (Wildman–Crippen MR) is 118 cm³/mol. The summed E-state index contributed by atoms with van der Waals surface area (Å²) < 4.78 is 12.2. The maximum absolute atomic E-state index is 12.2. The van der Waals surface area contributed by atoms with Crippen LogP contribution in [0.1, 0.15) is 10.4 Å². The van der Waals surface area contributed by atoms with E-state index in [1.807, 2.05) is 30.3 Å². The minimum atomic E-state index is -0.542. The first kappa shape index (κ1) is 19.1. The predicted octanol–water partition coefficient (Wildman–Crippen LogP) is 5.24. The Bertz CT molecular complexity index is 1270. The van der Waals surface area contributed by atoms with E-state index in [0.717, 1.165) is 26.4 Å². The van der Waals surface area contributed by atoms with Crippen molar-refractivity contribution in [2.75, 3.05) is 14.2 Å². The van der Waals surface area contributed by atoms with Crippen molar-refractivity contribution in [3.05, 3.63) is 64.6 Å². The van der Waals surface area contributed by atoms with Gasteiger partial charge in [-0.1, -0.05) is 28.1 Å². The van der Waals surface area contributed by atoms with Gasteiger partial charge in [-0.2, -0.15) is 0 Å². The number of carbonyl (C=O) groups is 1. The van der Waals surface area contributed by atoms with Gasteiger partial charge in [0.25, 0.3) is 0 Å². The fourth-order valence-electron chi connectivity index (χ4n) is 3.70. The first-order valence-corrected chi connectivity index (χ1v) is 9.64. The van der Waals surface area contributed by atoms with Gasteiger partial charge in [0, 0.05) is 15.6 Å². The number of hydrogen-bond acceptors (Lipinski definition) is 4. The lowest BCUT2D eigenvalue weighted by Crippen LogP contribution is -2.11. The molecule has 5 nitrogen and oxygen atoms in total. The second-order valence-corrected chi connectivity index (χ2v) is 7.52. The monoisotopic (exact) mass is 451 g/mol. The van der Waals surface area contributed by atoms with E-state index in [2.05, 4.69) is 15.9 Å². The van der Waals surface area contributed by atoms with E-state index in [-0.39, 0.29) is 5.75 Å². The van der Waals surface area contributed by atoms with Gasteiger partial charge in [-0.05, 0) is 69.6 Å². The van der Waals surface area contributed by atoms with E-state index in [1.165, 1.54) is 6.07 Å². The fourth-order valence-corrected chi connectivity index (χ4v) is 3.96. The van der Waals surface area contributed by atoms with Gasteiger partial charge in [0.05, 0.1) is 14.2 Å². The lowest BCUT2D eigenvalue weighted by molar-refractivity contribution is 0.100. The van der Waals surface area contributed by atoms with Crippen LogP contribution >= 0.6 is 15.9 Å². The quantitative estimate of drug-likeness (QED) is 0.415. The number of fused-ring (bicyclic) bond motifs is 3. The molecule has 0 aliphatic heterocycles. The minimum Gasteiger partial charge on any atom is -0.508 e. The molecule has 1 amide bonds. The standard InChI is InChI=1S/C23H18BrNO4/c1-28-20-11-17-16-9-14(26)7-8-15(16)19(23(25)27)10-18(17)21(22(20)29-2)12-3-5-13(24)6-4-12/h3-11,26H,1-2H3,(H2,25,27). The van der Waals surface area contributed by atoms with Crippen molar-refractivity contribution in [2.45, 2.75) is 0 Å². The Kier molecular flexibility index (Phi) is 4.80. The molecule has 0 saturated heterocycles. The van der Waals surface area contributed by atoms with Gasteiger partial charge in [-0.15, -0.1) is 0 Å². The van der Waals surface area contributed by atoms with Crippen LogP contribution in [0.4, 0.5) is 0 Å². The number of ether oxygens (including phenoxy) is 2. The van der Waals surface area contributed by atoms with Gasteiger partial charge < -0.3 is 20.3 Å². The number of hydrogen-bond donors (Lipinski definition) is 2. The number of carbonyl (C=O) groups excluding carboxylic acids is 1. The topological polar surface area (TPSA) is 81.8 Å². The zero-order valence-corrected chi connectivity index (χ0v) is 17.4. The van der Waals surface area contributed by atoms with Gasteiger partial charge in [-0.3, -0.25) is 4.79 Å². The van der Waals surface area contributed by atoms with Gasteiger partial charge in [0.1, 0.15) is 5.75 Å². The number of benzene rings is 4. The largest absolute Gasteiger partial charge is 0.508 e. The highest BCUT2D eigenvalue weighted by Gasteiger charge is 2.21. The van der Waals surface area contributed by atoms with E-state index in [4.69, 9.17) is 15.2 Å². The van der Waals surface area contributed by atoms with Crippen LogP contribution in [0.25, 0.3) is 32.7 Å². The number of methoxy groups -OCH3 is 2. The van der Waals surface area contributed by atoms with Crippen molar-refractivity contribution in [2.24, 2.45) is 5.73 Å². The molecule has 4 rings (SSSR count). The summed E-state index contributed by atoms with van der Waals surface area (Å²) in [5.41, 5.74) is 7.73. The zero-order chi connectivity index (χ0) is 20.7. The molecule has 29 heavy (non-hydrogen) atoms. The lowest BCUT2D eigenvalue weighted by Gasteiger charge is -2.18. The van der Waals surface area contributed by atoms with E-state index in [1.54, 1.807) is 32.4 Å². The third-order valence-electron chi connectivity index (χ3n) is 4.98. The lowest BCUT2D eigenvalue weighted by atomic mass is 9.90. The number of primary amides is 1. The van der Waals surface area contributed by atoms with Gasteiger partial charge >= 0.3 is 0 Å². The van der Waals surface area contributed by atoms with Crippen LogP contribution in [-0.4, -0.2) is 25.2 Å². The van der Waals surface area contributed by atoms with Gasteiger partial charge in [-0.25, -0.2) is 0 Å². The van der Waals surface area contributed by atoms with Crippen molar-refractivity contribution in [3.8, 4) is 28.4 Å². The second kappa shape index (κ2) is 7.29. The molecule has 0 aromatic heterocycles. The Morgan fingerprint density at radius 2 is 1.59 bits per heavy atom. The van der Waals surface area contributed by atoms with Crippen LogP contribution in [-0.2, 0) is 0 Å². The average Bonchev–Trinajstić information content (AvgIpc) is 2.72. The molecule has 0 bridgehead atoms. The molecule has 3 N–H and O–H groups in total.